The third-order valence-electron chi connectivity index (χ3n) is 5.48. The van der Waals surface area contributed by atoms with Gasteiger partial charge in [-0.15, -0.1) is 11.3 Å². The number of hydrogen-bond acceptors (Lipinski definition) is 8. The van der Waals surface area contributed by atoms with Crippen LogP contribution in [0.15, 0.2) is 52.5 Å². The van der Waals surface area contributed by atoms with E-state index in [1.165, 1.54) is 18.2 Å². The van der Waals surface area contributed by atoms with E-state index in [4.69, 9.17) is 14.2 Å². The highest BCUT2D eigenvalue weighted by Gasteiger charge is 2.28. The number of halogens is 2. The molecule has 0 N–H and O–H groups in total. The molecular weight excluding hydrogens is 589 g/mol. The molecule has 0 aliphatic heterocycles. The quantitative estimate of drug-likeness (QED) is 0.136. The molecule has 0 bridgehead atoms. The van der Waals surface area contributed by atoms with Crippen LogP contribution in [0.2, 0.25) is 0 Å². The lowest BCUT2D eigenvalue weighted by molar-refractivity contribution is -0.114. The molecule has 0 radical (unpaired) electrons. The molecule has 7 nitrogen and oxygen atoms in total. The molecule has 0 unspecified atom stereocenters. The molecule has 2 aromatic carbocycles. The Morgan fingerprint density at radius 1 is 1.05 bits per heavy atom. The number of ketones is 1. The first-order chi connectivity index (χ1) is 18.7. The maximum atomic E-state index is 13.1. The van der Waals surface area contributed by atoms with Gasteiger partial charge in [0, 0.05) is 11.3 Å². The van der Waals surface area contributed by atoms with E-state index in [1.807, 2.05) is 6.07 Å². The molecule has 0 amide bonds. The van der Waals surface area contributed by atoms with Gasteiger partial charge in [0.15, 0.2) is 5.78 Å². The van der Waals surface area contributed by atoms with Crippen LogP contribution < -0.4 is 4.74 Å². The van der Waals surface area contributed by atoms with Crippen LogP contribution >= 0.6 is 27.3 Å². The summed E-state index contributed by atoms with van der Waals surface area (Å²) in [5.41, 5.74) is 1.76. The minimum Gasteiger partial charge on any atom is -0.488 e. The zero-order valence-electron chi connectivity index (χ0n) is 21.5. The number of nitrogens with zero attached hydrogens (tertiary/aromatic N) is 1. The molecule has 10 heteroatoms. The molecule has 0 saturated heterocycles. The van der Waals surface area contributed by atoms with E-state index in [0.29, 0.717) is 26.2 Å². The Kier molecular flexibility index (Phi) is 10.5. The number of esters is 2. The summed E-state index contributed by atoms with van der Waals surface area (Å²) in [5, 5.41) is 9.71. The smallest absolute Gasteiger partial charge is 0.348 e. The topological polar surface area (TPSA) is 103 Å². The van der Waals surface area contributed by atoms with Gasteiger partial charge in [-0.25, -0.2) is 14.0 Å². The molecule has 0 fully saturated rings. The fourth-order valence-corrected chi connectivity index (χ4v) is 5.30. The maximum absolute atomic E-state index is 13.1. The van der Waals surface area contributed by atoms with Crippen molar-refractivity contribution in [1.82, 2.24) is 0 Å². The summed E-state index contributed by atoms with van der Waals surface area (Å²) < 4.78 is 29.7. The third kappa shape index (κ3) is 7.62. The highest BCUT2D eigenvalue weighted by atomic mass is 79.9. The van der Waals surface area contributed by atoms with Crippen molar-refractivity contribution in [3.8, 4) is 11.8 Å². The summed E-state index contributed by atoms with van der Waals surface area (Å²) >= 11 is 4.42. The highest BCUT2D eigenvalue weighted by Crippen LogP contribution is 2.32. The monoisotopic (exact) mass is 613 g/mol. The zero-order chi connectivity index (χ0) is 28.5. The number of hydrogen-bond donors (Lipinski definition) is 0. The summed E-state index contributed by atoms with van der Waals surface area (Å²) in [5.74, 6) is -1.56. The summed E-state index contributed by atoms with van der Waals surface area (Å²) in [4.78, 5) is 38.7. The standard InChI is InChI=1S/C29H25BrFNO6S/c1-4-36-28(34)26-17(3)27(29(35)37-5-2)39-25(26)14-23(33)20(15-32)12-19-8-11-24(22(30)13-19)38-16-18-6-9-21(31)10-7-18/h6-13H,4-5,14,16H2,1-3H3/b20-12+. The predicted molar refractivity (Wildman–Crippen MR) is 148 cm³/mol. The number of rotatable bonds is 11. The number of nitriles is 1. The van der Waals surface area contributed by atoms with Gasteiger partial charge in [-0.2, -0.15) is 5.26 Å². The fourth-order valence-electron chi connectivity index (χ4n) is 3.61. The Hall–Kier alpha value is -3.81. The molecular formula is C29H25BrFNO6S. The van der Waals surface area contributed by atoms with Gasteiger partial charge in [-0.1, -0.05) is 18.2 Å². The molecule has 1 heterocycles. The third-order valence-corrected chi connectivity index (χ3v) is 7.37. The van der Waals surface area contributed by atoms with Crippen molar-refractivity contribution < 1.29 is 33.0 Å². The van der Waals surface area contributed by atoms with Gasteiger partial charge in [0.05, 0.1) is 28.8 Å². The van der Waals surface area contributed by atoms with Crippen molar-refractivity contribution in [1.29, 1.82) is 5.26 Å². The average Bonchev–Trinajstić information content (AvgIpc) is 3.23. The largest absolute Gasteiger partial charge is 0.488 e. The predicted octanol–water partition coefficient (Wildman–Crippen LogP) is 6.61. The van der Waals surface area contributed by atoms with E-state index in [2.05, 4.69) is 15.9 Å². The number of thiophene rings is 1. The Balaban J connectivity index is 1.82. The molecule has 0 aliphatic carbocycles. The number of benzene rings is 2. The van der Waals surface area contributed by atoms with Crippen LogP contribution in [0.4, 0.5) is 4.39 Å². The number of allylic oxidation sites excluding steroid dienone is 1. The second kappa shape index (κ2) is 13.8. The van der Waals surface area contributed by atoms with Gasteiger partial charge in [0.2, 0.25) is 0 Å². The Morgan fingerprint density at radius 2 is 1.72 bits per heavy atom. The lowest BCUT2D eigenvalue weighted by atomic mass is 10.0. The zero-order valence-corrected chi connectivity index (χ0v) is 23.9. The Morgan fingerprint density at radius 3 is 2.33 bits per heavy atom. The molecule has 202 valence electrons. The molecule has 0 saturated carbocycles. The summed E-state index contributed by atoms with van der Waals surface area (Å²) in [6.45, 7) is 5.44. The minimum absolute atomic E-state index is 0.123. The SMILES string of the molecule is CCOC(=O)c1sc(CC(=O)/C(C#N)=C/c2ccc(OCc3ccc(F)cc3)c(Br)c2)c(C(=O)OCC)c1C. The second-order valence-corrected chi connectivity index (χ2v) is 10.1. The van der Waals surface area contributed by atoms with E-state index in [1.54, 1.807) is 51.1 Å². The van der Waals surface area contributed by atoms with Crippen molar-refractivity contribution in [2.75, 3.05) is 13.2 Å². The van der Waals surface area contributed by atoms with Crippen LogP contribution in [0.3, 0.4) is 0 Å². The normalized spacial score (nSPS) is 11.0. The van der Waals surface area contributed by atoms with Gasteiger partial charge in [-0.05, 0) is 83.7 Å². The van der Waals surface area contributed by atoms with Crippen molar-refractivity contribution in [2.45, 2.75) is 33.8 Å². The van der Waals surface area contributed by atoms with Gasteiger partial charge in [-0.3, -0.25) is 4.79 Å². The molecule has 0 atom stereocenters. The van der Waals surface area contributed by atoms with Gasteiger partial charge in [0.25, 0.3) is 0 Å². The highest BCUT2D eigenvalue weighted by molar-refractivity contribution is 9.10. The van der Waals surface area contributed by atoms with Crippen molar-refractivity contribution in [3.05, 3.63) is 90.3 Å². The molecule has 1 aromatic heterocycles. The van der Waals surface area contributed by atoms with Crippen molar-refractivity contribution >= 4 is 51.1 Å². The van der Waals surface area contributed by atoms with Crippen LogP contribution in [-0.4, -0.2) is 30.9 Å². The van der Waals surface area contributed by atoms with E-state index in [0.717, 1.165) is 16.9 Å². The first-order valence-electron chi connectivity index (χ1n) is 12.0. The van der Waals surface area contributed by atoms with Crippen molar-refractivity contribution in [2.24, 2.45) is 0 Å². The number of ether oxygens (including phenoxy) is 3. The van der Waals surface area contributed by atoms with Crippen LogP contribution in [0.1, 0.15) is 55.4 Å². The van der Waals surface area contributed by atoms with Crippen LogP contribution in [0.25, 0.3) is 6.08 Å². The number of carbonyl (C=O) groups excluding carboxylic acids is 3. The number of carbonyl (C=O) groups is 3. The van der Waals surface area contributed by atoms with Gasteiger partial charge >= 0.3 is 11.9 Å². The number of Topliss-reactive ketones (excluding diaryl/α,β-unsaturated/α-hetero) is 1. The second-order valence-electron chi connectivity index (χ2n) is 8.17. The Labute approximate surface area is 237 Å². The minimum atomic E-state index is -0.646. The summed E-state index contributed by atoms with van der Waals surface area (Å²) in [7, 11) is 0. The van der Waals surface area contributed by atoms with E-state index in [-0.39, 0.29) is 48.1 Å². The first kappa shape index (κ1) is 29.7. The van der Waals surface area contributed by atoms with E-state index >= 15 is 0 Å². The van der Waals surface area contributed by atoms with Gasteiger partial charge < -0.3 is 14.2 Å². The average molecular weight is 614 g/mol. The fraction of sp³-hybridized carbons (Fsp3) is 0.241. The van der Waals surface area contributed by atoms with Crippen LogP contribution in [0, 0.1) is 24.1 Å². The molecule has 0 spiro atoms. The van der Waals surface area contributed by atoms with Crippen LogP contribution in [-0.2, 0) is 27.3 Å². The van der Waals surface area contributed by atoms with E-state index in [9.17, 15) is 24.0 Å². The van der Waals surface area contributed by atoms with Gasteiger partial charge in [0.1, 0.15) is 29.1 Å². The Bertz CT molecular complexity index is 1460. The molecule has 0 aliphatic rings. The van der Waals surface area contributed by atoms with Crippen molar-refractivity contribution in [3.63, 3.8) is 0 Å². The first-order valence-corrected chi connectivity index (χ1v) is 13.6. The lowest BCUT2D eigenvalue weighted by Gasteiger charge is -2.09. The maximum Gasteiger partial charge on any atom is 0.348 e. The molecule has 3 aromatic rings. The lowest BCUT2D eigenvalue weighted by Crippen LogP contribution is -2.12. The molecule has 39 heavy (non-hydrogen) atoms. The van der Waals surface area contributed by atoms with E-state index < -0.39 is 17.7 Å². The summed E-state index contributed by atoms with van der Waals surface area (Å²) in [6, 6.07) is 13.0. The summed E-state index contributed by atoms with van der Waals surface area (Å²) in [6.07, 6.45) is 1.17. The van der Waals surface area contributed by atoms with Crippen LogP contribution in [0.5, 0.6) is 5.75 Å². The molecule has 3 rings (SSSR count).